The first kappa shape index (κ1) is 17.2. The van der Waals surface area contributed by atoms with Crippen molar-refractivity contribution in [2.75, 3.05) is 7.11 Å². The number of nitrogens with one attached hydrogen (secondary N) is 2. The van der Waals surface area contributed by atoms with Gasteiger partial charge < -0.3 is 15.4 Å². The second-order valence-electron chi connectivity index (χ2n) is 5.24. The summed E-state index contributed by atoms with van der Waals surface area (Å²) in [7, 11) is 1.57. The van der Waals surface area contributed by atoms with Crippen molar-refractivity contribution < 1.29 is 9.53 Å². The molecule has 7 heteroatoms. The molecule has 2 N–H and O–H groups in total. The van der Waals surface area contributed by atoms with Gasteiger partial charge in [-0.1, -0.05) is 13.0 Å². The topological polar surface area (TPSA) is 76.1 Å². The number of carbonyl (C=O) groups excluding carboxylic acids is 1. The molecule has 0 aromatic carbocycles. The molecule has 124 valence electrons. The number of aromatic nitrogens is 2. The van der Waals surface area contributed by atoms with E-state index < -0.39 is 0 Å². The molecule has 0 saturated heterocycles. The third kappa shape index (κ3) is 4.66. The quantitative estimate of drug-likeness (QED) is 0.851. The van der Waals surface area contributed by atoms with Crippen molar-refractivity contribution >= 4 is 17.4 Å². The van der Waals surface area contributed by atoms with Gasteiger partial charge in [0.15, 0.2) is 0 Å². The fraction of sp³-hybridized carbons (Fsp3) is 0.438. The average molecular weight is 334 g/mol. The normalized spacial score (nSPS) is 11.8. The van der Waals surface area contributed by atoms with E-state index in [2.05, 4.69) is 20.6 Å². The Balaban J connectivity index is 1.94. The Morgan fingerprint density at radius 3 is 2.70 bits per heavy atom. The van der Waals surface area contributed by atoms with Crippen molar-refractivity contribution in [1.82, 2.24) is 20.6 Å². The van der Waals surface area contributed by atoms with Crippen molar-refractivity contribution in [2.24, 2.45) is 0 Å². The van der Waals surface area contributed by atoms with Crippen LogP contribution in [0, 0.1) is 13.8 Å². The van der Waals surface area contributed by atoms with Gasteiger partial charge in [-0.15, -0.1) is 11.3 Å². The van der Waals surface area contributed by atoms with E-state index in [1.54, 1.807) is 18.4 Å². The molecular weight excluding hydrogens is 312 g/mol. The number of carbonyl (C=O) groups is 1. The molecule has 6 nitrogen and oxygen atoms in total. The SMILES string of the molecule is CCC(NC(=O)NCc1ccc(C)nc1OC)c1nc(C)cs1. The summed E-state index contributed by atoms with van der Waals surface area (Å²) in [5, 5.41) is 8.71. The maximum atomic E-state index is 12.1. The number of urea groups is 1. The zero-order valence-corrected chi connectivity index (χ0v) is 14.7. The van der Waals surface area contributed by atoms with E-state index in [9.17, 15) is 4.79 Å². The number of thiazole rings is 1. The van der Waals surface area contributed by atoms with E-state index in [0.29, 0.717) is 12.4 Å². The molecule has 0 aliphatic rings. The van der Waals surface area contributed by atoms with Gasteiger partial charge in [0.1, 0.15) is 5.01 Å². The molecule has 23 heavy (non-hydrogen) atoms. The standard InChI is InChI=1S/C16H22N4O2S/c1-5-13(15-19-11(3)9-23-15)20-16(21)17-8-12-7-6-10(2)18-14(12)22-4/h6-7,9,13H,5,8H2,1-4H3,(H2,17,20,21). The number of rotatable bonds is 6. The number of nitrogens with zero attached hydrogens (tertiary/aromatic N) is 2. The minimum atomic E-state index is -0.229. The Hall–Kier alpha value is -2.15. The van der Waals surface area contributed by atoms with Gasteiger partial charge in [-0.25, -0.2) is 14.8 Å². The summed E-state index contributed by atoms with van der Waals surface area (Å²) in [6, 6.07) is 3.49. The molecule has 0 saturated carbocycles. The lowest BCUT2D eigenvalue weighted by molar-refractivity contribution is 0.236. The molecule has 1 atom stereocenters. The summed E-state index contributed by atoms with van der Waals surface area (Å²) in [5.41, 5.74) is 2.69. The predicted molar refractivity (Wildman–Crippen MR) is 90.8 cm³/mol. The molecule has 2 aromatic heterocycles. The van der Waals surface area contributed by atoms with Gasteiger partial charge >= 0.3 is 6.03 Å². The molecule has 2 amide bonds. The van der Waals surface area contributed by atoms with Gasteiger partial charge in [-0.05, 0) is 26.3 Å². The summed E-state index contributed by atoms with van der Waals surface area (Å²) >= 11 is 1.56. The van der Waals surface area contributed by atoms with Crippen LogP contribution in [0.1, 0.15) is 41.3 Å². The number of hydrogen-bond acceptors (Lipinski definition) is 5. The van der Waals surface area contributed by atoms with Crippen molar-refractivity contribution in [3.63, 3.8) is 0 Å². The van der Waals surface area contributed by atoms with E-state index in [0.717, 1.165) is 28.4 Å². The van der Waals surface area contributed by atoms with Gasteiger partial charge in [0.2, 0.25) is 5.88 Å². The summed E-state index contributed by atoms with van der Waals surface area (Å²) in [5.74, 6) is 0.535. The lowest BCUT2D eigenvalue weighted by Gasteiger charge is -2.16. The van der Waals surface area contributed by atoms with Crippen LogP contribution < -0.4 is 15.4 Å². The van der Waals surface area contributed by atoms with Gasteiger partial charge in [-0.2, -0.15) is 0 Å². The van der Waals surface area contributed by atoms with Crippen LogP contribution in [0.15, 0.2) is 17.5 Å². The minimum Gasteiger partial charge on any atom is -0.481 e. The number of hydrogen-bond donors (Lipinski definition) is 2. The van der Waals surface area contributed by atoms with E-state index in [1.807, 2.05) is 38.3 Å². The zero-order chi connectivity index (χ0) is 16.8. The zero-order valence-electron chi connectivity index (χ0n) is 13.8. The minimum absolute atomic E-state index is 0.0771. The van der Waals surface area contributed by atoms with Crippen molar-refractivity contribution in [1.29, 1.82) is 0 Å². The Morgan fingerprint density at radius 2 is 2.09 bits per heavy atom. The molecule has 2 aromatic rings. The molecule has 2 heterocycles. The van der Waals surface area contributed by atoms with Gasteiger partial charge in [0.25, 0.3) is 0 Å². The fourth-order valence-electron chi connectivity index (χ4n) is 2.13. The van der Waals surface area contributed by atoms with Crippen LogP contribution in [0.3, 0.4) is 0 Å². The smallest absolute Gasteiger partial charge is 0.315 e. The molecule has 0 aliphatic heterocycles. The second kappa shape index (κ2) is 7.92. The number of aryl methyl sites for hydroxylation is 2. The lowest BCUT2D eigenvalue weighted by atomic mass is 10.2. The predicted octanol–water partition coefficient (Wildman–Crippen LogP) is 3.11. The first-order chi connectivity index (χ1) is 11.0. The van der Waals surface area contributed by atoms with Crippen LogP contribution in [0.2, 0.25) is 0 Å². The van der Waals surface area contributed by atoms with Gasteiger partial charge in [0, 0.05) is 28.9 Å². The number of pyridine rings is 1. The number of ether oxygens (including phenoxy) is 1. The molecule has 0 fully saturated rings. The van der Waals surface area contributed by atoms with Gasteiger partial charge in [0.05, 0.1) is 13.2 Å². The van der Waals surface area contributed by atoms with Crippen LogP contribution in [0.4, 0.5) is 4.79 Å². The average Bonchev–Trinajstić information content (AvgIpc) is 2.97. The van der Waals surface area contributed by atoms with E-state index >= 15 is 0 Å². The fourth-order valence-corrected chi connectivity index (χ4v) is 3.06. The Morgan fingerprint density at radius 1 is 1.30 bits per heavy atom. The number of methoxy groups -OCH3 is 1. The van der Waals surface area contributed by atoms with Gasteiger partial charge in [-0.3, -0.25) is 0 Å². The molecule has 0 aliphatic carbocycles. The van der Waals surface area contributed by atoms with E-state index in [-0.39, 0.29) is 12.1 Å². The summed E-state index contributed by atoms with van der Waals surface area (Å²) in [6.07, 6.45) is 0.787. The van der Waals surface area contributed by atoms with Crippen LogP contribution in [0.25, 0.3) is 0 Å². The Kier molecular flexibility index (Phi) is 5.92. The summed E-state index contributed by atoms with van der Waals surface area (Å²) < 4.78 is 5.24. The Labute approximate surface area is 140 Å². The van der Waals surface area contributed by atoms with Crippen molar-refractivity contribution in [2.45, 2.75) is 39.8 Å². The summed E-state index contributed by atoms with van der Waals surface area (Å²) in [6.45, 7) is 6.22. The largest absolute Gasteiger partial charge is 0.481 e. The first-order valence-electron chi connectivity index (χ1n) is 7.50. The molecule has 0 radical (unpaired) electrons. The molecule has 0 spiro atoms. The van der Waals surface area contributed by atoms with Crippen LogP contribution in [-0.4, -0.2) is 23.1 Å². The molecule has 2 rings (SSSR count). The molecule has 0 bridgehead atoms. The van der Waals surface area contributed by atoms with E-state index in [1.165, 1.54) is 0 Å². The molecular formula is C16H22N4O2S. The van der Waals surface area contributed by atoms with Crippen LogP contribution in [0.5, 0.6) is 5.88 Å². The van der Waals surface area contributed by atoms with Crippen LogP contribution >= 0.6 is 11.3 Å². The monoisotopic (exact) mass is 334 g/mol. The third-order valence-electron chi connectivity index (χ3n) is 3.36. The highest BCUT2D eigenvalue weighted by Crippen LogP contribution is 2.20. The lowest BCUT2D eigenvalue weighted by Crippen LogP contribution is -2.37. The first-order valence-corrected chi connectivity index (χ1v) is 8.38. The number of amides is 2. The second-order valence-corrected chi connectivity index (χ2v) is 6.13. The maximum Gasteiger partial charge on any atom is 0.315 e. The van der Waals surface area contributed by atoms with Crippen molar-refractivity contribution in [3.8, 4) is 5.88 Å². The molecule has 1 unspecified atom stereocenters. The van der Waals surface area contributed by atoms with Crippen molar-refractivity contribution in [3.05, 3.63) is 39.5 Å². The van der Waals surface area contributed by atoms with Crippen LogP contribution in [-0.2, 0) is 6.54 Å². The third-order valence-corrected chi connectivity index (χ3v) is 4.44. The highest BCUT2D eigenvalue weighted by molar-refractivity contribution is 7.09. The maximum absolute atomic E-state index is 12.1. The highest BCUT2D eigenvalue weighted by Gasteiger charge is 2.16. The summed E-state index contributed by atoms with van der Waals surface area (Å²) in [4.78, 5) is 20.9. The van der Waals surface area contributed by atoms with E-state index in [4.69, 9.17) is 4.74 Å². The Bertz CT molecular complexity index is 672. The highest BCUT2D eigenvalue weighted by atomic mass is 32.1.